The molecular weight excluding hydrogens is 319 g/mol. The van der Waals surface area contributed by atoms with Crippen molar-refractivity contribution in [2.75, 3.05) is 0 Å². The molecule has 0 atom stereocenters. The molecule has 0 aliphatic carbocycles. The van der Waals surface area contributed by atoms with Crippen molar-refractivity contribution in [2.45, 2.75) is 4.90 Å². The predicted octanol–water partition coefficient (Wildman–Crippen LogP) is -1.94. The summed E-state index contributed by atoms with van der Waals surface area (Å²) in [4.78, 5) is 17.5. The first-order chi connectivity index (χ1) is 7.64. The fourth-order valence-electron chi connectivity index (χ4n) is 1.02. The summed E-state index contributed by atoms with van der Waals surface area (Å²) in [5.41, 5.74) is -2.04. The number of hydrogen-bond donors (Lipinski definition) is 0. The molecule has 0 saturated heterocycles. The maximum atomic E-state index is 10.7. The van der Waals surface area contributed by atoms with E-state index in [1.165, 1.54) is 0 Å². The zero-order valence-corrected chi connectivity index (χ0v) is 13.4. The third kappa shape index (κ3) is 3.93. The van der Waals surface area contributed by atoms with E-state index in [-0.39, 0.29) is 51.4 Å². The van der Waals surface area contributed by atoms with Gasteiger partial charge in [-0.05, 0) is 6.07 Å². The molecule has 9 nitrogen and oxygen atoms in total. The maximum absolute atomic E-state index is 10.7. The van der Waals surface area contributed by atoms with Crippen LogP contribution in [0.4, 0.5) is 11.4 Å². The fraction of sp³-hybridized carbons (Fsp3) is 0. The van der Waals surface area contributed by atoms with Gasteiger partial charge in [0.25, 0.3) is 11.4 Å². The van der Waals surface area contributed by atoms with Gasteiger partial charge in [-0.3, -0.25) is 20.2 Å². The summed E-state index contributed by atoms with van der Waals surface area (Å²) in [5.74, 6) is 0. The SMILES string of the molecule is O=[N+]([O-])c1cc([N+](=O)[O-])c(S(=O)(=O)[O-])cc1Cl.[K+]. The minimum Gasteiger partial charge on any atom is -0.744 e. The van der Waals surface area contributed by atoms with Crippen molar-refractivity contribution in [3.63, 3.8) is 0 Å². The molecule has 0 spiro atoms. The topological polar surface area (TPSA) is 143 Å². The molecule has 1 aromatic rings. The first kappa shape index (κ1) is 17.9. The predicted molar refractivity (Wildman–Crippen MR) is 52.7 cm³/mol. The van der Waals surface area contributed by atoms with Gasteiger partial charge >= 0.3 is 51.4 Å². The number of nitro benzene ring substituents is 2. The van der Waals surface area contributed by atoms with Gasteiger partial charge in [0.2, 0.25) is 0 Å². The summed E-state index contributed by atoms with van der Waals surface area (Å²) < 4.78 is 32.1. The van der Waals surface area contributed by atoms with Crippen LogP contribution in [0.3, 0.4) is 0 Å². The van der Waals surface area contributed by atoms with E-state index < -0.39 is 41.3 Å². The van der Waals surface area contributed by atoms with E-state index in [1.54, 1.807) is 0 Å². The van der Waals surface area contributed by atoms with Crippen molar-refractivity contribution in [1.29, 1.82) is 0 Å². The van der Waals surface area contributed by atoms with Gasteiger partial charge in [0.1, 0.15) is 20.0 Å². The van der Waals surface area contributed by atoms with E-state index in [4.69, 9.17) is 11.6 Å². The van der Waals surface area contributed by atoms with Gasteiger partial charge < -0.3 is 4.55 Å². The molecule has 92 valence electrons. The molecule has 0 aliphatic rings. The zero-order valence-electron chi connectivity index (χ0n) is 8.69. The van der Waals surface area contributed by atoms with Crippen LogP contribution in [0, 0.1) is 20.2 Å². The normalized spacial score (nSPS) is 10.6. The third-order valence-corrected chi connectivity index (χ3v) is 2.86. The molecule has 0 unspecified atom stereocenters. The molecule has 0 radical (unpaired) electrons. The molecule has 0 N–H and O–H groups in total. The van der Waals surface area contributed by atoms with Crippen LogP contribution in [0.25, 0.3) is 0 Å². The second-order valence-electron chi connectivity index (χ2n) is 2.74. The molecule has 0 aromatic heterocycles. The van der Waals surface area contributed by atoms with Crippen molar-refractivity contribution in [3.8, 4) is 0 Å². The molecule has 1 aromatic carbocycles. The monoisotopic (exact) mass is 320 g/mol. The number of nitro groups is 2. The number of rotatable bonds is 3. The Morgan fingerprint density at radius 2 is 1.50 bits per heavy atom. The average Bonchev–Trinajstić information content (AvgIpc) is 2.14. The third-order valence-electron chi connectivity index (χ3n) is 1.69. The Balaban J connectivity index is 0.00000289. The number of benzene rings is 1. The maximum Gasteiger partial charge on any atom is 1.00 e. The Labute approximate surface area is 148 Å². The summed E-state index contributed by atoms with van der Waals surface area (Å²) in [6, 6.07) is 0.716. The second kappa shape index (κ2) is 6.34. The van der Waals surface area contributed by atoms with Gasteiger partial charge in [0.05, 0.1) is 15.9 Å². The van der Waals surface area contributed by atoms with Gasteiger partial charge in [-0.2, -0.15) is 0 Å². The molecule has 0 bridgehead atoms. The molecule has 12 heteroatoms. The molecule has 0 heterocycles. The van der Waals surface area contributed by atoms with Crippen molar-refractivity contribution in [2.24, 2.45) is 0 Å². The number of hydrogen-bond acceptors (Lipinski definition) is 7. The largest absolute Gasteiger partial charge is 1.00 e. The van der Waals surface area contributed by atoms with Crippen LogP contribution >= 0.6 is 11.6 Å². The van der Waals surface area contributed by atoms with Crippen LogP contribution in [0.1, 0.15) is 0 Å². The summed E-state index contributed by atoms with van der Waals surface area (Å²) in [5, 5.41) is 20.2. The number of nitrogens with zero attached hydrogens (tertiary/aromatic N) is 2. The summed E-state index contributed by atoms with van der Waals surface area (Å²) in [7, 11) is -5.14. The molecule has 0 amide bonds. The first-order valence-corrected chi connectivity index (χ1v) is 5.51. The van der Waals surface area contributed by atoms with E-state index in [2.05, 4.69) is 0 Å². The van der Waals surface area contributed by atoms with E-state index in [1.807, 2.05) is 0 Å². The number of halogens is 1. The van der Waals surface area contributed by atoms with E-state index in [0.29, 0.717) is 12.1 Å². The van der Waals surface area contributed by atoms with Gasteiger partial charge in [0, 0.05) is 0 Å². The van der Waals surface area contributed by atoms with E-state index >= 15 is 0 Å². The van der Waals surface area contributed by atoms with E-state index in [9.17, 15) is 33.2 Å². The fourth-order valence-corrected chi connectivity index (χ4v) is 1.96. The van der Waals surface area contributed by atoms with Crippen LogP contribution < -0.4 is 51.4 Å². The van der Waals surface area contributed by atoms with Crippen molar-refractivity contribution in [3.05, 3.63) is 37.4 Å². The van der Waals surface area contributed by atoms with Crippen molar-refractivity contribution in [1.82, 2.24) is 0 Å². The Kier molecular flexibility index (Phi) is 6.29. The molecule has 18 heavy (non-hydrogen) atoms. The molecule has 1 rings (SSSR count). The van der Waals surface area contributed by atoms with Crippen molar-refractivity contribution >= 4 is 33.1 Å². The van der Waals surface area contributed by atoms with Crippen LogP contribution in [-0.4, -0.2) is 22.8 Å². The zero-order chi connectivity index (χ0) is 13.4. The van der Waals surface area contributed by atoms with Gasteiger partial charge in [-0.15, -0.1) is 0 Å². The Hall–Kier alpha value is -0.144. The van der Waals surface area contributed by atoms with Crippen LogP contribution in [0.5, 0.6) is 0 Å². The summed E-state index contributed by atoms with van der Waals surface area (Å²) in [6.45, 7) is 0. The van der Waals surface area contributed by atoms with Gasteiger partial charge in [-0.25, -0.2) is 8.42 Å². The minimum absolute atomic E-state index is 0. The van der Waals surface area contributed by atoms with Crippen LogP contribution in [0.15, 0.2) is 17.0 Å². The quantitative estimate of drug-likeness (QED) is 0.273. The second-order valence-corrected chi connectivity index (χ2v) is 4.49. The average molecular weight is 321 g/mol. The van der Waals surface area contributed by atoms with Crippen LogP contribution in [0.2, 0.25) is 5.02 Å². The van der Waals surface area contributed by atoms with E-state index in [0.717, 1.165) is 0 Å². The van der Waals surface area contributed by atoms with Crippen molar-refractivity contribution < 1.29 is 74.2 Å². The summed E-state index contributed by atoms with van der Waals surface area (Å²) in [6.07, 6.45) is 0. The first-order valence-electron chi connectivity index (χ1n) is 3.73. The Morgan fingerprint density at radius 3 is 1.83 bits per heavy atom. The molecule has 0 fully saturated rings. The van der Waals surface area contributed by atoms with Gasteiger partial charge in [-0.1, -0.05) is 11.6 Å². The Morgan fingerprint density at radius 1 is 1.06 bits per heavy atom. The standard InChI is InChI=1S/C6H3ClN2O7S.K/c7-3-1-6(17(14,15)16)5(9(12)13)2-4(3)8(10)11;/h1-2H,(H,14,15,16);/q;+1/p-1. The molecule has 0 aliphatic heterocycles. The molecule has 0 saturated carbocycles. The summed E-state index contributed by atoms with van der Waals surface area (Å²) >= 11 is 5.34. The van der Waals surface area contributed by atoms with Gasteiger partial charge in [0.15, 0.2) is 0 Å². The Bertz CT molecular complexity index is 617. The minimum atomic E-state index is -5.14. The molecular formula is C6H2ClKN2O7S. The van der Waals surface area contributed by atoms with Crippen LogP contribution in [-0.2, 0) is 10.1 Å². The smallest absolute Gasteiger partial charge is 0.744 e.